The average Bonchev–Trinajstić information content (AvgIpc) is 2.73. The van der Waals surface area contributed by atoms with Gasteiger partial charge in [0.15, 0.2) is 5.69 Å². The molecule has 0 radical (unpaired) electrons. The van der Waals surface area contributed by atoms with Crippen molar-refractivity contribution in [3.05, 3.63) is 46.2 Å². The quantitative estimate of drug-likeness (QED) is 0.681. The normalized spacial score (nSPS) is 14.8. The second kappa shape index (κ2) is 9.30. The van der Waals surface area contributed by atoms with Crippen LogP contribution in [0.25, 0.3) is 0 Å². The van der Waals surface area contributed by atoms with Crippen LogP contribution in [0.5, 0.6) is 0 Å². The van der Waals surface area contributed by atoms with Crippen molar-refractivity contribution in [2.75, 3.05) is 11.9 Å². The van der Waals surface area contributed by atoms with Crippen LogP contribution in [0.3, 0.4) is 0 Å². The van der Waals surface area contributed by atoms with Crippen LogP contribution < -0.4 is 10.6 Å². The van der Waals surface area contributed by atoms with Gasteiger partial charge in [0, 0.05) is 18.4 Å². The van der Waals surface area contributed by atoms with E-state index in [4.69, 9.17) is 16.9 Å². The molecule has 3 rings (SSSR count). The molecule has 1 aromatic carbocycles. The number of halogens is 4. The summed E-state index contributed by atoms with van der Waals surface area (Å²) in [4.78, 5) is 19.7. The number of nitriles is 1. The van der Waals surface area contributed by atoms with Gasteiger partial charge in [0.25, 0.3) is 5.91 Å². The molecular formula is C20H19ClF3N5O. The highest BCUT2D eigenvalue weighted by Gasteiger charge is 2.38. The van der Waals surface area contributed by atoms with Gasteiger partial charge in [-0.3, -0.25) is 4.79 Å². The number of carbonyl (C=O) groups excluding carboxylic acids is 1. The van der Waals surface area contributed by atoms with E-state index in [9.17, 15) is 18.0 Å². The maximum absolute atomic E-state index is 13.5. The third kappa shape index (κ3) is 5.39. The zero-order valence-corrected chi connectivity index (χ0v) is 16.6. The minimum Gasteiger partial charge on any atom is -0.352 e. The van der Waals surface area contributed by atoms with E-state index in [0.29, 0.717) is 12.2 Å². The van der Waals surface area contributed by atoms with Crippen molar-refractivity contribution >= 4 is 29.1 Å². The van der Waals surface area contributed by atoms with Gasteiger partial charge in [0.1, 0.15) is 6.07 Å². The first kappa shape index (κ1) is 21.8. The summed E-state index contributed by atoms with van der Waals surface area (Å²) < 4.78 is 40.6. The Morgan fingerprint density at radius 3 is 2.67 bits per heavy atom. The fourth-order valence-electron chi connectivity index (χ4n) is 3.37. The number of nitrogens with zero attached hydrogens (tertiary/aromatic N) is 3. The standard InChI is InChI=1S/C20H19ClF3N5O/c21-16-7-6-14(8-13(16)9-25)28-19-27-11-15(17(29-19)20(22,23)24)18(30)26-10-12-4-2-1-3-5-12/h6-8,11-12H,1-5,10H2,(H,26,30)(H,27,28,29). The molecular weight excluding hydrogens is 419 g/mol. The molecule has 10 heteroatoms. The van der Waals surface area contributed by atoms with Crippen LogP contribution in [0.4, 0.5) is 24.8 Å². The average molecular weight is 438 g/mol. The van der Waals surface area contributed by atoms with Gasteiger partial charge in [0.05, 0.1) is 16.1 Å². The second-order valence-electron chi connectivity index (χ2n) is 7.10. The molecule has 0 unspecified atom stereocenters. The Morgan fingerprint density at radius 1 is 1.27 bits per heavy atom. The Hall–Kier alpha value is -2.86. The highest BCUT2D eigenvalue weighted by atomic mass is 35.5. The molecule has 0 atom stereocenters. The van der Waals surface area contributed by atoms with E-state index in [1.165, 1.54) is 18.2 Å². The number of hydrogen-bond acceptors (Lipinski definition) is 5. The first-order valence-electron chi connectivity index (χ1n) is 9.47. The monoisotopic (exact) mass is 437 g/mol. The molecule has 1 fully saturated rings. The van der Waals surface area contributed by atoms with Gasteiger partial charge in [-0.25, -0.2) is 9.97 Å². The maximum Gasteiger partial charge on any atom is 0.434 e. The van der Waals surface area contributed by atoms with E-state index in [1.807, 2.05) is 6.07 Å². The number of amides is 1. The molecule has 1 heterocycles. The van der Waals surface area contributed by atoms with E-state index >= 15 is 0 Å². The highest BCUT2D eigenvalue weighted by molar-refractivity contribution is 6.31. The third-order valence-electron chi connectivity index (χ3n) is 4.92. The predicted octanol–water partition coefficient (Wildman–Crippen LogP) is 5.07. The van der Waals surface area contributed by atoms with Crippen molar-refractivity contribution in [1.29, 1.82) is 5.26 Å². The zero-order valence-electron chi connectivity index (χ0n) is 15.9. The number of rotatable bonds is 5. The first-order valence-corrected chi connectivity index (χ1v) is 9.85. The van der Waals surface area contributed by atoms with Crippen molar-refractivity contribution in [1.82, 2.24) is 15.3 Å². The predicted molar refractivity (Wildman–Crippen MR) is 105 cm³/mol. The zero-order chi connectivity index (χ0) is 21.7. The van der Waals surface area contributed by atoms with E-state index in [0.717, 1.165) is 38.3 Å². The Bertz CT molecular complexity index is 968. The van der Waals surface area contributed by atoms with Gasteiger partial charge in [-0.15, -0.1) is 0 Å². The molecule has 1 aliphatic rings. The molecule has 2 aromatic rings. The summed E-state index contributed by atoms with van der Waals surface area (Å²) in [5.74, 6) is -0.923. The molecule has 0 spiro atoms. The Labute approximate surface area is 176 Å². The molecule has 1 aliphatic carbocycles. The number of alkyl halides is 3. The van der Waals surface area contributed by atoms with Crippen molar-refractivity contribution < 1.29 is 18.0 Å². The molecule has 6 nitrogen and oxygen atoms in total. The number of anilines is 2. The number of carbonyl (C=O) groups is 1. The van der Waals surface area contributed by atoms with Crippen molar-refractivity contribution in [2.45, 2.75) is 38.3 Å². The molecule has 0 bridgehead atoms. The van der Waals surface area contributed by atoms with Gasteiger partial charge < -0.3 is 10.6 Å². The number of benzene rings is 1. The van der Waals surface area contributed by atoms with Crippen LogP contribution in [-0.4, -0.2) is 22.4 Å². The third-order valence-corrected chi connectivity index (χ3v) is 5.25. The smallest absolute Gasteiger partial charge is 0.352 e. The fourth-order valence-corrected chi connectivity index (χ4v) is 3.53. The van der Waals surface area contributed by atoms with Crippen molar-refractivity contribution in [3.63, 3.8) is 0 Å². The summed E-state index contributed by atoms with van der Waals surface area (Å²) in [6, 6.07) is 6.15. The summed E-state index contributed by atoms with van der Waals surface area (Å²) in [7, 11) is 0. The highest BCUT2D eigenvalue weighted by Crippen LogP contribution is 2.32. The summed E-state index contributed by atoms with van der Waals surface area (Å²) in [6.45, 7) is 0.331. The van der Waals surface area contributed by atoms with E-state index in [-0.39, 0.29) is 22.5 Å². The maximum atomic E-state index is 13.5. The molecule has 0 aliphatic heterocycles. The Balaban J connectivity index is 1.79. The fraction of sp³-hybridized carbons (Fsp3) is 0.400. The van der Waals surface area contributed by atoms with Gasteiger partial charge in [-0.05, 0) is 37.0 Å². The second-order valence-corrected chi connectivity index (χ2v) is 7.51. The van der Waals surface area contributed by atoms with Gasteiger partial charge >= 0.3 is 6.18 Å². The van der Waals surface area contributed by atoms with E-state index in [1.54, 1.807) is 0 Å². The summed E-state index contributed by atoms with van der Waals surface area (Å²) in [6.07, 6.45) is 1.21. The molecule has 2 N–H and O–H groups in total. The van der Waals surface area contributed by atoms with Crippen LogP contribution in [0.2, 0.25) is 5.02 Å². The van der Waals surface area contributed by atoms with Gasteiger partial charge in [-0.2, -0.15) is 18.4 Å². The van der Waals surface area contributed by atoms with E-state index < -0.39 is 23.3 Å². The number of hydrogen-bond donors (Lipinski definition) is 2. The number of aromatic nitrogens is 2. The van der Waals surface area contributed by atoms with Gasteiger partial charge in [0.2, 0.25) is 5.95 Å². The lowest BCUT2D eigenvalue weighted by molar-refractivity contribution is -0.141. The van der Waals surface area contributed by atoms with Crippen LogP contribution in [0.15, 0.2) is 24.4 Å². The van der Waals surface area contributed by atoms with E-state index in [2.05, 4.69) is 20.6 Å². The SMILES string of the molecule is N#Cc1cc(Nc2ncc(C(=O)NCC3CCCCC3)c(C(F)(F)F)n2)ccc1Cl. The van der Waals surface area contributed by atoms with Crippen molar-refractivity contribution in [3.8, 4) is 6.07 Å². The Morgan fingerprint density at radius 2 is 2.00 bits per heavy atom. The van der Waals surface area contributed by atoms with Crippen LogP contribution >= 0.6 is 11.6 Å². The van der Waals surface area contributed by atoms with Gasteiger partial charge in [-0.1, -0.05) is 30.9 Å². The minimum atomic E-state index is -4.84. The molecule has 1 amide bonds. The number of nitrogens with one attached hydrogen (secondary N) is 2. The summed E-state index contributed by atoms with van der Waals surface area (Å²) in [5.41, 5.74) is -1.51. The Kier molecular flexibility index (Phi) is 6.77. The van der Waals surface area contributed by atoms with Crippen LogP contribution in [0.1, 0.15) is 53.7 Å². The summed E-state index contributed by atoms with van der Waals surface area (Å²) in [5, 5.41) is 14.4. The topological polar surface area (TPSA) is 90.7 Å². The lowest BCUT2D eigenvalue weighted by Crippen LogP contribution is -2.32. The molecule has 1 saturated carbocycles. The lowest BCUT2D eigenvalue weighted by Gasteiger charge is -2.22. The minimum absolute atomic E-state index is 0.149. The largest absolute Gasteiger partial charge is 0.434 e. The lowest BCUT2D eigenvalue weighted by atomic mass is 9.89. The molecule has 1 aromatic heterocycles. The molecule has 0 saturated heterocycles. The van der Waals surface area contributed by atoms with Crippen molar-refractivity contribution in [2.24, 2.45) is 5.92 Å². The summed E-state index contributed by atoms with van der Waals surface area (Å²) >= 11 is 5.85. The first-order chi connectivity index (χ1) is 14.3. The molecule has 158 valence electrons. The molecule has 30 heavy (non-hydrogen) atoms. The van der Waals surface area contributed by atoms with Crippen LogP contribution in [0, 0.1) is 17.2 Å². The van der Waals surface area contributed by atoms with Crippen LogP contribution in [-0.2, 0) is 6.18 Å².